The third-order valence-electron chi connectivity index (χ3n) is 2.76. The molecule has 0 fully saturated rings. The monoisotopic (exact) mass is 173 g/mol. The van der Waals surface area contributed by atoms with Gasteiger partial charge in [-0.2, -0.15) is 0 Å². The number of nitrogens with one attached hydrogen (secondary N) is 1. The summed E-state index contributed by atoms with van der Waals surface area (Å²) < 4.78 is 0. The Hall–Kier alpha value is -1.08. The van der Waals surface area contributed by atoms with E-state index in [9.17, 15) is 0 Å². The summed E-state index contributed by atoms with van der Waals surface area (Å²) in [7, 11) is 0. The minimum atomic E-state index is 1.02. The van der Waals surface area contributed by atoms with Crippen molar-refractivity contribution in [3.05, 3.63) is 41.0 Å². The maximum absolute atomic E-state index is 3.32. The van der Waals surface area contributed by atoms with Crippen LogP contribution >= 0.6 is 0 Å². The van der Waals surface area contributed by atoms with Crippen molar-refractivity contribution in [1.29, 1.82) is 0 Å². The Morgan fingerprint density at radius 2 is 2.08 bits per heavy atom. The average molecular weight is 173 g/mol. The van der Waals surface area contributed by atoms with Gasteiger partial charge in [0.1, 0.15) is 0 Å². The minimum absolute atomic E-state index is 1.02. The lowest BCUT2D eigenvalue weighted by atomic mass is 9.98. The van der Waals surface area contributed by atoms with Crippen LogP contribution in [-0.2, 0) is 0 Å². The predicted octanol–water partition coefficient (Wildman–Crippen LogP) is 2.29. The van der Waals surface area contributed by atoms with E-state index in [-0.39, 0.29) is 0 Å². The van der Waals surface area contributed by atoms with Crippen molar-refractivity contribution in [2.45, 2.75) is 13.8 Å². The second-order valence-corrected chi connectivity index (χ2v) is 3.61. The molecule has 0 radical (unpaired) electrons. The molecule has 0 aliphatic carbocycles. The Kier molecular flexibility index (Phi) is 2.19. The molecule has 0 spiro atoms. The van der Waals surface area contributed by atoms with Crippen LogP contribution in [0.2, 0.25) is 0 Å². The van der Waals surface area contributed by atoms with Gasteiger partial charge in [-0.1, -0.05) is 24.3 Å². The SMILES string of the molecule is Cc1cccc(C2=CCNC2)c1C. The Balaban J connectivity index is 2.45. The van der Waals surface area contributed by atoms with Crippen molar-refractivity contribution in [1.82, 2.24) is 5.32 Å². The lowest BCUT2D eigenvalue weighted by Crippen LogP contribution is -2.08. The van der Waals surface area contributed by atoms with Crippen LogP contribution in [0.5, 0.6) is 0 Å². The van der Waals surface area contributed by atoms with Crippen LogP contribution in [0.3, 0.4) is 0 Å². The van der Waals surface area contributed by atoms with Crippen molar-refractivity contribution in [3.63, 3.8) is 0 Å². The van der Waals surface area contributed by atoms with Gasteiger partial charge >= 0.3 is 0 Å². The van der Waals surface area contributed by atoms with Crippen LogP contribution in [0.25, 0.3) is 5.57 Å². The third kappa shape index (κ3) is 1.52. The smallest absolute Gasteiger partial charge is 0.0211 e. The Morgan fingerprint density at radius 1 is 1.23 bits per heavy atom. The summed E-state index contributed by atoms with van der Waals surface area (Å²) in [6.45, 7) is 6.40. The van der Waals surface area contributed by atoms with E-state index in [0.29, 0.717) is 0 Å². The lowest BCUT2D eigenvalue weighted by Gasteiger charge is -2.08. The van der Waals surface area contributed by atoms with Crippen LogP contribution < -0.4 is 5.32 Å². The maximum Gasteiger partial charge on any atom is 0.0211 e. The van der Waals surface area contributed by atoms with Gasteiger partial charge in [-0.05, 0) is 36.1 Å². The lowest BCUT2D eigenvalue weighted by molar-refractivity contribution is 0.897. The highest BCUT2D eigenvalue weighted by atomic mass is 14.9. The molecule has 0 unspecified atom stereocenters. The molecule has 68 valence electrons. The second kappa shape index (κ2) is 3.35. The molecular weight excluding hydrogens is 158 g/mol. The van der Waals surface area contributed by atoms with Gasteiger partial charge in [0.15, 0.2) is 0 Å². The molecule has 1 aromatic carbocycles. The molecular formula is C12H15N. The summed E-state index contributed by atoms with van der Waals surface area (Å²) in [5.41, 5.74) is 5.65. The highest BCUT2D eigenvalue weighted by Crippen LogP contribution is 2.22. The highest BCUT2D eigenvalue weighted by Gasteiger charge is 2.09. The summed E-state index contributed by atoms with van der Waals surface area (Å²) in [4.78, 5) is 0. The van der Waals surface area contributed by atoms with E-state index in [4.69, 9.17) is 0 Å². The topological polar surface area (TPSA) is 12.0 Å². The van der Waals surface area contributed by atoms with Gasteiger partial charge < -0.3 is 5.32 Å². The van der Waals surface area contributed by atoms with Crippen molar-refractivity contribution >= 4 is 5.57 Å². The molecule has 0 bridgehead atoms. The van der Waals surface area contributed by atoms with Gasteiger partial charge in [0.2, 0.25) is 0 Å². The first-order chi connectivity index (χ1) is 6.29. The van der Waals surface area contributed by atoms with E-state index in [1.165, 1.54) is 22.3 Å². The van der Waals surface area contributed by atoms with Crippen molar-refractivity contribution in [2.24, 2.45) is 0 Å². The van der Waals surface area contributed by atoms with Crippen molar-refractivity contribution in [3.8, 4) is 0 Å². The normalized spacial score (nSPS) is 16.0. The molecule has 0 amide bonds. The summed E-state index contributed by atoms with van der Waals surface area (Å²) >= 11 is 0. The largest absolute Gasteiger partial charge is 0.309 e. The molecule has 1 nitrogen and oxygen atoms in total. The molecule has 0 aromatic heterocycles. The second-order valence-electron chi connectivity index (χ2n) is 3.61. The molecule has 1 aliphatic heterocycles. The standard InChI is InChI=1S/C12H15N/c1-9-4-3-5-12(10(9)2)11-6-7-13-8-11/h3-6,13H,7-8H2,1-2H3. The maximum atomic E-state index is 3.32. The summed E-state index contributed by atoms with van der Waals surface area (Å²) in [6, 6.07) is 6.51. The van der Waals surface area contributed by atoms with E-state index in [2.05, 4.69) is 43.4 Å². The van der Waals surface area contributed by atoms with Crippen LogP contribution in [0.4, 0.5) is 0 Å². The van der Waals surface area contributed by atoms with E-state index < -0.39 is 0 Å². The highest BCUT2D eigenvalue weighted by molar-refractivity contribution is 5.71. The van der Waals surface area contributed by atoms with Crippen molar-refractivity contribution < 1.29 is 0 Å². The molecule has 1 heterocycles. The molecule has 1 aliphatic rings. The number of benzene rings is 1. The zero-order valence-electron chi connectivity index (χ0n) is 8.22. The number of hydrogen-bond donors (Lipinski definition) is 1. The summed E-state index contributed by atoms with van der Waals surface area (Å²) in [6.07, 6.45) is 2.28. The zero-order chi connectivity index (χ0) is 9.26. The minimum Gasteiger partial charge on any atom is -0.309 e. The number of aryl methyl sites for hydroxylation is 1. The van der Waals surface area contributed by atoms with Gasteiger partial charge in [-0.15, -0.1) is 0 Å². The Labute approximate surface area is 79.5 Å². The van der Waals surface area contributed by atoms with Crippen LogP contribution in [0, 0.1) is 13.8 Å². The van der Waals surface area contributed by atoms with Gasteiger partial charge in [0.05, 0.1) is 0 Å². The van der Waals surface area contributed by atoms with E-state index in [0.717, 1.165) is 13.1 Å². The van der Waals surface area contributed by atoms with E-state index >= 15 is 0 Å². The Bertz CT molecular complexity index is 350. The third-order valence-corrected chi connectivity index (χ3v) is 2.76. The molecule has 0 saturated heterocycles. The molecule has 1 N–H and O–H groups in total. The van der Waals surface area contributed by atoms with Gasteiger partial charge in [0, 0.05) is 13.1 Å². The molecule has 2 rings (SSSR count). The summed E-state index contributed by atoms with van der Waals surface area (Å²) in [5.74, 6) is 0. The van der Waals surface area contributed by atoms with Crippen LogP contribution in [-0.4, -0.2) is 13.1 Å². The number of hydrogen-bond acceptors (Lipinski definition) is 1. The molecule has 1 heteroatoms. The first-order valence-electron chi connectivity index (χ1n) is 4.75. The van der Waals surface area contributed by atoms with Gasteiger partial charge in [0.25, 0.3) is 0 Å². The fraction of sp³-hybridized carbons (Fsp3) is 0.333. The Morgan fingerprint density at radius 3 is 2.77 bits per heavy atom. The van der Waals surface area contributed by atoms with Crippen molar-refractivity contribution in [2.75, 3.05) is 13.1 Å². The quantitative estimate of drug-likeness (QED) is 0.687. The van der Waals surface area contributed by atoms with Crippen LogP contribution in [0.15, 0.2) is 24.3 Å². The molecule has 0 saturated carbocycles. The van der Waals surface area contributed by atoms with E-state index in [1.807, 2.05) is 0 Å². The van der Waals surface area contributed by atoms with Gasteiger partial charge in [-0.25, -0.2) is 0 Å². The zero-order valence-corrected chi connectivity index (χ0v) is 8.22. The molecule has 0 atom stereocenters. The fourth-order valence-electron chi connectivity index (χ4n) is 1.78. The first kappa shape index (κ1) is 8.52. The predicted molar refractivity (Wildman–Crippen MR) is 56.8 cm³/mol. The van der Waals surface area contributed by atoms with Crippen LogP contribution in [0.1, 0.15) is 16.7 Å². The average Bonchev–Trinajstić information content (AvgIpc) is 2.62. The summed E-state index contributed by atoms with van der Waals surface area (Å²) in [5, 5.41) is 3.32. The molecule has 1 aromatic rings. The van der Waals surface area contributed by atoms with Gasteiger partial charge in [-0.3, -0.25) is 0 Å². The molecule has 13 heavy (non-hydrogen) atoms. The van der Waals surface area contributed by atoms with E-state index in [1.54, 1.807) is 0 Å². The first-order valence-corrected chi connectivity index (χ1v) is 4.75. The number of rotatable bonds is 1. The fourth-order valence-corrected chi connectivity index (χ4v) is 1.78.